The van der Waals surface area contributed by atoms with E-state index < -0.39 is 0 Å². The topological polar surface area (TPSA) is 30.5 Å². The highest BCUT2D eigenvalue weighted by molar-refractivity contribution is 5.46. The van der Waals surface area contributed by atoms with Crippen molar-refractivity contribution in [2.75, 3.05) is 20.8 Å². The first-order valence-corrected chi connectivity index (χ1v) is 7.78. The number of hydrogen-bond donors (Lipinski definition) is 1. The molecule has 0 amide bonds. The number of methoxy groups -OCH3 is 2. The maximum absolute atomic E-state index is 5.66. The minimum atomic E-state index is 0.119. The standard InChI is InChI=1S/C17H25NO2/c1-19-14-8-9-15(16(12-14)20-2)17(13-6-7-13)10-4-3-5-11-18-17/h8-9,12-13,18H,3-7,10-11H2,1-2H3. The lowest BCUT2D eigenvalue weighted by molar-refractivity contribution is 0.265. The summed E-state index contributed by atoms with van der Waals surface area (Å²) in [6.07, 6.45) is 7.82. The van der Waals surface area contributed by atoms with Crippen molar-refractivity contribution in [1.82, 2.24) is 5.32 Å². The smallest absolute Gasteiger partial charge is 0.127 e. The van der Waals surface area contributed by atoms with Crippen LogP contribution in [0.1, 0.15) is 44.1 Å². The molecule has 3 heteroatoms. The van der Waals surface area contributed by atoms with E-state index in [1.54, 1.807) is 14.2 Å². The molecular formula is C17H25NO2. The van der Waals surface area contributed by atoms with Crippen LogP contribution >= 0.6 is 0 Å². The maximum atomic E-state index is 5.66. The Hall–Kier alpha value is -1.22. The number of rotatable bonds is 4. The molecule has 1 atom stereocenters. The summed E-state index contributed by atoms with van der Waals surface area (Å²) in [5, 5.41) is 3.86. The molecule has 1 saturated heterocycles. The van der Waals surface area contributed by atoms with E-state index in [0.717, 1.165) is 24.0 Å². The molecule has 1 aliphatic carbocycles. The van der Waals surface area contributed by atoms with Gasteiger partial charge in [-0.25, -0.2) is 0 Å². The molecule has 0 spiro atoms. The van der Waals surface area contributed by atoms with Crippen LogP contribution in [0.5, 0.6) is 11.5 Å². The summed E-state index contributed by atoms with van der Waals surface area (Å²) >= 11 is 0. The quantitative estimate of drug-likeness (QED) is 0.912. The average molecular weight is 275 g/mol. The molecule has 1 aliphatic heterocycles. The van der Waals surface area contributed by atoms with E-state index in [-0.39, 0.29) is 5.54 Å². The van der Waals surface area contributed by atoms with Gasteiger partial charge in [0.2, 0.25) is 0 Å². The van der Waals surface area contributed by atoms with Gasteiger partial charge in [0.1, 0.15) is 11.5 Å². The Bertz CT molecular complexity index is 460. The molecule has 2 aliphatic rings. The maximum Gasteiger partial charge on any atom is 0.127 e. The number of ether oxygens (including phenoxy) is 2. The van der Waals surface area contributed by atoms with Gasteiger partial charge >= 0.3 is 0 Å². The van der Waals surface area contributed by atoms with Gasteiger partial charge in [0.15, 0.2) is 0 Å². The molecule has 110 valence electrons. The Morgan fingerprint density at radius 2 is 1.95 bits per heavy atom. The molecule has 20 heavy (non-hydrogen) atoms. The first-order chi connectivity index (χ1) is 9.80. The van der Waals surface area contributed by atoms with Crippen LogP contribution in [0.15, 0.2) is 18.2 Å². The first kappa shape index (κ1) is 13.7. The van der Waals surface area contributed by atoms with Crippen molar-refractivity contribution in [3.63, 3.8) is 0 Å². The van der Waals surface area contributed by atoms with Crippen molar-refractivity contribution in [1.29, 1.82) is 0 Å². The zero-order valence-corrected chi connectivity index (χ0v) is 12.6. The van der Waals surface area contributed by atoms with Crippen LogP contribution < -0.4 is 14.8 Å². The summed E-state index contributed by atoms with van der Waals surface area (Å²) in [4.78, 5) is 0. The SMILES string of the molecule is COc1ccc(C2(C3CC3)CCCCCN2)c(OC)c1. The Labute approximate surface area is 121 Å². The van der Waals surface area contributed by atoms with Crippen LogP contribution in [-0.4, -0.2) is 20.8 Å². The number of nitrogens with one attached hydrogen (secondary N) is 1. The van der Waals surface area contributed by atoms with Crippen molar-refractivity contribution in [2.24, 2.45) is 5.92 Å². The first-order valence-electron chi connectivity index (χ1n) is 7.78. The Kier molecular flexibility index (Phi) is 3.88. The van der Waals surface area contributed by atoms with Crippen LogP contribution in [0.4, 0.5) is 0 Å². The molecule has 0 radical (unpaired) electrons. The zero-order valence-electron chi connectivity index (χ0n) is 12.6. The minimum absolute atomic E-state index is 0.119. The molecule has 3 rings (SSSR count). The van der Waals surface area contributed by atoms with Crippen LogP contribution in [0.25, 0.3) is 0 Å². The van der Waals surface area contributed by atoms with E-state index in [0.29, 0.717) is 0 Å². The monoisotopic (exact) mass is 275 g/mol. The fourth-order valence-corrected chi connectivity index (χ4v) is 3.65. The normalized spacial score (nSPS) is 26.9. The fourth-order valence-electron chi connectivity index (χ4n) is 3.65. The molecule has 0 bridgehead atoms. The van der Waals surface area contributed by atoms with Gasteiger partial charge in [-0.1, -0.05) is 12.8 Å². The van der Waals surface area contributed by atoms with Gasteiger partial charge in [0, 0.05) is 17.2 Å². The molecule has 1 saturated carbocycles. The van der Waals surface area contributed by atoms with Crippen LogP contribution in [0.3, 0.4) is 0 Å². The lowest BCUT2D eigenvalue weighted by Gasteiger charge is -2.36. The van der Waals surface area contributed by atoms with Crippen molar-refractivity contribution in [2.45, 2.75) is 44.1 Å². The summed E-state index contributed by atoms with van der Waals surface area (Å²) in [5.41, 5.74) is 1.44. The Morgan fingerprint density at radius 1 is 1.10 bits per heavy atom. The Balaban J connectivity index is 2.02. The van der Waals surface area contributed by atoms with Gasteiger partial charge < -0.3 is 14.8 Å². The van der Waals surface area contributed by atoms with Crippen molar-refractivity contribution < 1.29 is 9.47 Å². The van der Waals surface area contributed by atoms with Crippen molar-refractivity contribution >= 4 is 0 Å². The summed E-state index contributed by atoms with van der Waals surface area (Å²) in [5.74, 6) is 2.60. The molecule has 2 fully saturated rings. The predicted octanol–water partition coefficient (Wildman–Crippen LogP) is 3.47. The highest BCUT2D eigenvalue weighted by Crippen LogP contribution is 2.51. The van der Waals surface area contributed by atoms with E-state index in [9.17, 15) is 0 Å². The van der Waals surface area contributed by atoms with Gasteiger partial charge in [0.25, 0.3) is 0 Å². The zero-order chi connectivity index (χ0) is 14.0. The molecule has 3 nitrogen and oxygen atoms in total. The third kappa shape index (κ3) is 2.39. The van der Waals surface area contributed by atoms with Crippen LogP contribution in [0, 0.1) is 5.92 Å². The third-order valence-electron chi connectivity index (χ3n) is 4.85. The summed E-state index contributed by atoms with van der Waals surface area (Å²) in [7, 11) is 3.46. The second-order valence-corrected chi connectivity index (χ2v) is 6.05. The van der Waals surface area contributed by atoms with Gasteiger partial charge in [0.05, 0.1) is 14.2 Å². The van der Waals surface area contributed by atoms with Gasteiger partial charge in [-0.3, -0.25) is 0 Å². The van der Waals surface area contributed by atoms with Gasteiger partial charge in [-0.05, 0) is 50.3 Å². The summed E-state index contributed by atoms with van der Waals surface area (Å²) < 4.78 is 11.0. The fraction of sp³-hybridized carbons (Fsp3) is 0.647. The van der Waals surface area contributed by atoms with Gasteiger partial charge in [-0.2, -0.15) is 0 Å². The van der Waals surface area contributed by atoms with E-state index in [2.05, 4.69) is 17.4 Å². The second kappa shape index (κ2) is 5.65. The predicted molar refractivity (Wildman–Crippen MR) is 80.4 cm³/mol. The minimum Gasteiger partial charge on any atom is -0.497 e. The van der Waals surface area contributed by atoms with E-state index in [4.69, 9.17) is 9.47 Å². The number of benzene rings is 1. The highest BCUT2D eigenvalue weighted by atomic mass is 16.5. The molecule has 0 aromatic heterocycles. The van der Waals surface area contributed by atoms with E-state index >= 15 is 0 Å². The van der Waals surface area contributed by atoms with Crippen molar-refractivity contribution in [3.05, 3.63) is 23.8 Å². The average Bonchev–Trinajstić information content (AvgIpc) is 3.32. The third-order valence-corrected chi connectivity index (χ3v) is 4.85. The molecule has 1 unspecified atom stereocenters. The van der Waals surface area contributed by atoms with Crippen LogP contribution in [-0.2, 0) is 5.54 Å². The summed E-state index contributed by atoms with van der Waals surface area (Å²) in [6, 6.07) is 6.29. The molecule has 1 heterocycles. The lowest BCUT2D eigenvalue weighted by Crippen LogP contribution is -2.44. The van der Waals surface area contributed by atoms with E-state index in [1.165, 1.54) is 44.1 Å². The largest absolute Gasteiger partial charge is 0.497 e. The summed E-state index contributed by atoms with van der Waals surface area (Å²) in [6.45, 7) is 1.12. The molecular weight excluding hydrogens is 250 g/mol. The van der Waals surface area contributed by atoms with Crippen LogP contribution in [0.2, 0.25) is 0 Å². The van der Waals surface area contributed by atoms with Gasteiger partial charge in [-0.15, -0.1) is 0 Å². The highest BCUT2D eigenvalue weighted by Gasteiger charge is 2.47. The molecule has 1 aromatic carbocycles. The lowest BCUT2D eigenvalue weighted by atomic mass is 9.80. The molecule has 1 N–H and O–H groups in total. The van der Waals surface area contributed by atoms with Crippen molar-refractivity contribution in [3.8, 4) is 11.5 Å². The van der Waals surface area contributed by atoms with E-state index in [1.807, 2.05) is 6.07 Å². The second-order valence-electron chi connectivity index (χ2n) is 6.05. The Morgan fingerprint density at radius 3 is 2.65 bits per heavy atom. The number of hydrogen-bond acceptors (Lipinski definition) is 3. The molecule has 1 aromatic rings.